The van der Waals surface area contributed by atoms with Crippen molar-refractivity contribution in [2.24, 2.45) is 0 Å². The topological polar surface area (TPSA) is 65.6 Å². The molecule has 0 atom stereocenters. The zero-order chi connectivity index (χ0) is 11.2. The van der Waals surface area contributed by atoms with Crippen LogP contribution in [-0.4, -0.2) is 22.0 Å². The number of nitrogens with one attached hydrogen (secondary N) is 3. The van der Waals surface area contributed by atoms with Crippen LogP contribution in [0.2, 0.25) is 0 Å². The lowest BCUT2D eigenvalue weighted by Crippen LogP contribution is -2.10. The highest BCUT2D eigenvalue weighted by Gasteiger charge is 1.98. The molecule has 0 spiro atoms. The van der Waals surface area contributed by atoms with Gasteiger partial charge in [0, 0.05) is 25.1 Å². The standard InChI is InChI=1S/C11H15N5/c1-12-8-11-14-5-3-10(16-11)15-7-9-2-4-13-6-9/h2-6,12-13H,7-8H2,1H3,(H,14,15,16). The fraction of sp³-hybridized carbons (Fsp3) is 0.273. The van der Waals surface area contributed by atoms with E-state index in [9.17, 15) is 0 Å². The number of aromatic nitrogens is 3. The van der Waals surface area contributed by atoms with E-state index in [1.807, 2.05) is 31.6 Å². The summed E-state index contributed by atoms with van der Waals surface area (Å²) in [5.74, 6) is 1.64. The number of hydrogen-bond donors (Lipinski definition) is 3. The van der Waals surface area contributed by atoms with Crippen molar-refractivity contribution in [1.82, 2.24) is 20.3 Å². The molecule has 0 aliphatic heterocycles. The lowest BCUT2D eigenvalue weighted by Gasteiger charge is -2.05. The Kier molecular flexibility index (Phi) is 3.50. The summed E-state index contributed by atoms with van der Waals surface area (Å²) < 4.78 is 0. The zero-order valence-corrected chi connectivity index (χ0v) is 9.20. The molecule has 2 aromatic rings. The van der Waals surface area contributed by atoms with E-state index in [2.05, 4.69) is 25.6 Å². The van der Waals surface area contributed by atoms with Crippen LogP contribution < -0.4 is 10.6 Å². The zero-order valence-electron chi connectivity index (χ0n) is 9.20. The molecule has 5 heteroatoms. The fourth-order valence-electron chi connectivity index (χ4n) is 1.40. The monoisotopic (exact) mass is 217 g/mol. The van der Waals surface area contributed by atoms with E-state index in [0.29, 0.717) is 6.54 Å². The fourth-order valence-corrected chi connectivity index (χ4v) is 1.40. The van der Waals surface area contributed by atoms with Gasteiger partial charge in [0.05, 0.1) is 6.54 Å². The Morgan fingerprint density at radius 2 is 2.25 bits per heavy atom. The van der Waals surface area contributed by atoms with Crippen LogP contribution in [0.4, 0.5) is 5.82 Å². The van der Waals surface area contributed by atoms with E-state index >= 15 is 0 Å². The van der Waals surface area contributed by atoms with Gasteiger partial charge in [0.1, 0.15) is 11.6 Å². The molecule has 0 fully saturated rings. The lowest BCUT2D eigenvalue weighted by molar-refractivity contribution is 0.758. The molecule has 0 aromatic carbocycles. The molecule has 0 aliphatic carbocycles. The quantitative estimate of drug-likeness (QED) is 0.702. The second-order valence-corrected chi connectivity index (χ2v) is 3.46. The minimum atomic E-state index is 0.680. The van der Waals surface area contributed by atoms with E-state index in [1.54, 1.807) is 6.20 Å². The Balaban J connectivity index is 1.96. The number of hydrogen-bond acceptors (Lipinski definition) is 4. The first-order valence-electron chi connectivity index (χ1n) is 5.20. The second-order valence-electron chi connectivity index (χ2n) is 3.46. The Morgan fingerprint density at radius 3 is 3.00 bits per heavy atom. The average molecular weight is 217 g/mol. The molecule has 5 nitrogen and oxygen atoms in total. The second kappa shape index (κ2) is 5.27. The number of aromatic amines is 1. The molecule has 0 aliphatic rings. The van der Waals surface area contributed by atoms with Gasteiger partial charge in [-0.15, -0.1) is 0 Å². The third-order valence-corrected chi connectivity index (χ3v) is 2.18. The number of H-pyrrole nitrogens is 1. The van der Waals surface area contributed by atoms with Crippen LogP contribution >= 0.6 is 0 Å². The van der Waals surface area contributed by atoms with Crippen molar-refractivity contribution in [3.8, 4) is 0 Å². The maximum absolute atomic E-state index is 4.37. The minimum absolute atomic E-state index is 0.680. The predicted octanol–water partition coefficient (Wildman–Crippen LogP) is 1.14. The lowest BCUT2D eigenvalue weighted by atomic mass is 10.3. The van der Waals surface area contributed by atoms with Crippen LogP contribution in [0.25, 0.3) is 0 Å². The smallest absolute Gasteiger partial charge is 0.144 e. The first-order valence-corrected chi connectivity index (χ1v) is 5.20. The highest BCUT2D eigenvalue weighted by molar-refractivity contribution is 5.34. The van der Waals surface area contributed by atoms with Crippen LogP contribution in [0.15, 0.2) is 30.7 Å². The van der Waals surface area contributed by atoms with Crippen molar-refractivity contribution < 1.29 is 0 Å². The molecule has 16 heavy (non-hydrogen) atoms. The van der Waals surface area contributed by atoms with E-state index < -0.39 is 0 Å². The van der Waals surface area contributed by atoms with Crippen molar-refractivity contribution in [1.29, 1.82) is 0 Å². The molecule has 0 radical (unpaired) electrons. The number of rotatable bonds is 5. The van der Waals surface area contributed by atoms with E-state index in [4.69, 9.17) is 0 Å². The Labute approximate surface area is 94.3 Å². The number of nitrogens with zero attached hydrogens (tertiary/aromatic N) is 2. The summed E-state index contributed by atoms with van der Waals surface area (Å²) in [6.45, 7) is 1.44. The van der Waals surface area contributed by atoms with Crippen LogP contribution in [0.3, 0.4) is 0 Å². The first kappa shape index (κ1) is 10.6. The Morgan fingerprint density at radius 1 is 1.31 bits per heavy atom. The van der Waals surface area contributed by atoms with Gasteiger partial charge >= 0.3 is 0 Å². The predicted molar refractivity (Wildman–Crippen MR) is 62.9 cm³/mol. The minimum Gasteiger partial charge on any atom is -0.367 e. The van der Waals surface area contributed by atoms with Crippen LogP contribution in [-0.2, 0) is 13.1 Å². The van der Waals surface area contributed by atoms with Gasteiger partial charge in [0.25, 0.3) is 0 Å². The van der Waals surface area contributed by atoms with E-state index in [-0.39, 0.29) is 0 Å². The summed E-state index contributed by atoms with van der Waals surface area (Å²) in [4.78, 5) is 11.5. The van der Waals surface area contributed by atoms with Gasteiger partial charge in [-0.05, 0) is 24.7 Å². The molecule has 2 rings (SSSR count). The van der Waals surface area contributed by atoms with Gasteiger partial charge in [0.2, 0.25) is 0 Å². The van der Waals surface area contributed by atoms with Crippen molar-refractivity contribution in [3.05, 3.63) is 42.1 Å². The molecule has 0 saturated carbocycles. The maximum Gasteiger partial charge on any atom is 0.144 e. The molecule has 0 bridgehead atoms. The van der Waals surface area contributed by atoms with E-state index in [1.165, 1.54) is 5.56 Å². The van der Waals surface area contributed by atoms with Crippen LogP contribution in [0.1, 0.15) is 11.4 Å². The van der Waals surface area contributed by atoms with Gasteiger partial charge in [0.15, 0.2) is 0 Å². The summed E-state index contributed by atoms with van der Waals surface area (Å²) in [7, 11) is 1.88. The molecule has 84 valence electrons. The van der Waals surface area contributed by atoms with E-state index in [0.717, 1.165) is 18.2 Å². The maximum atomic E-state index is 4.37. The Bertz CT molecular complexity index is 424. The van der Waals surface area contributed by atoms with Gasteiger partial charge in [-0.25, -0.2) is 9.97 Å². The first-order chi connectivity index (χ1) is 7.88. The van der Waals surface area contributed by atoms with Gasteiger partial charge in [-0.2, -0.15) is 0 Å². The summed E-state index contributed by atoms with van der Waals surface area (Å²) in [6.07, 6.45) is 5.63. The molecule has 0 unspecified atom stereocenters. The third-order valence-electron chi connectivity index (χ3n) is 2.18. The SMILES string of the molecule is CNCc1nccc(NCc2cc[nH]c2)n1. The molecular weight excluding hydrogens is 202 g/mol. The van der Waals surface area contributed by atoms with Crippen molar-refractivity contribution in [2.75, 3.05) is 12.4 Å². The van der Waals surface area contributed by atoms with Crippen LogP contribution in [0, 0.1) is 0 Å². The molecule has 3 N–H and O–H groups in total. The Hall–Kier alpha value is -1.88. The van der Waals surface area contributed by atoms with Crippen LogP contribution in [0.5, 0.6) is 0 Å². The summed E-state index contributed by atoms with van der Waals surface area (Å²) in [5, 5.41) is 6.27. The van der Waals surface area contributed by atoms with Crippen molar-refractivity contribution in [3.63, 3.8) is 0 Å². The molecule has 2 heterocycles. The molecular formula is C11H15N5. The highest BCUT2D eigenvalue weighted by atomic mass is 15.0. The summed E-state index contributed by atoms with van der Waals surface area (Å²) in [5.41, 5.74) is 1.20. The molecule has 0 amide bonds. The molecule has 0 saturated heterocycles. The average Bonchev–Trinajstić information content (AvgIpc) is 2.80. The normalized spacial score (nSPS) is 10.3. The highest BCUT2D eigenvalue weighted by Crippen LogP contribution is 2.05. The van der Waals surface area contributed by atoms with Crippen molar-refractivity contribution in [2.45, 2.75) is 13.1 Å². The van der Waals surface area contributed by atoms with Gasteiger partial charge < -0.3 is 15.6 Å². The van der Waals surface area contributed by atoms with Crippen molar-refractivity contribution >= 4 is 5.82 Å². The van der Waals surface area contributed by atoms with Gasteiger partial charge in [-0.3, -0.25) is 0 Å². The summed E-state index contributed by atoms with van der Waals surface area (Å²) in [6, 6.07) is 3.90. The summed E-state index contributed by atoms with van der Waals surface area (Å²) >= 11 is 0. The third kappa shape index (κ3) is 2.80. The molecule has 2 aromatic heterocycles. The largest absolute Gasteiger partial charge is 0.367 e. The van der Waals surface area contributed by atoms with Gasteiger partial charge in [-0.1, -0.05) is 0 Å². The number of anilines is 1.